The molecule has 33 heavy (non-hydrogen) atoms. The van der Waals surface area contributed by atoms with E-state index in [0.717, 1.165) is 6.42 Å². The fourth-order valence-corrected chi connectivity index (χ4v) is 3.77. The highest BCUT2D eigenvalue weighted by Gasteiger charge is 2.39. The lowest BCUT2D eigenvalue weighted by Gasteiger charge is -2.28. The van der Waals surface area contributed by atoms with Crippen LogP contribution in [0, 0.1) is 11.8 Å². The second-order valence-electron chi connectivity index (χ2n) is 7.75. The summed E-state index contributed by atoms with van der Waals surface area (Å²) < 4.78 is 70.8. The highest BCUT2D eigenvalue weighted by atomic mass is 35.5. The normalized spacial score (nSPS) is 30.1. The summed E-state index contributed by atoms with van der Waals surface area (Å²) in [4.78, 5) is 21.4. The van der Waals surface area contributed by atoms with Gasteiger partial charge in [0.1, 0.15) is 5.52 Å². The maximum Gasteiger partial charge on any atom is 0.228 e. The quantitative estimate of drug-likeness (QED) is 0.451. The van der Waals surface area contributed by atoms with Crippen LogP contribution in [-0.4, -0.2) is 61.8 Å². The number of hydrogen-bond acceptors (Lipinski definition) is 8. The zero-order chi connectivity index (χ0) is 29.7. The molecular weight excluding hydrogens is 444 g/mol. The first-order valence-corrected chi connectivity index (χ1v) is 10.4. The van der Waals surface area contributed by atoms with E-state index < -0.39 is 26.1 Å². The smallest absolute Gasteiger partial charge is 0.228 e. The first-order valence-electron chi connectivity index (χ1n) is 14.0. The van der Waals surface area contributed by atoms with Crippen LogP contribution in [0.2, 0.25) is 5.15 Å². The molecule has 4 aromatic heterocycles. The Balaban J connectivity index is 1.43. The zero-order valence-electron chi connectivity index (χ0n) is 25.1. The second-order valence-corrected chi connectivity index (χ2v) is 8.11. The number of fused-ring (bicyclic) bond motifs is 2. The van der Waals surface area contributed by atoms with Crippen LogP contribution in [0.25, 0.3) is 27.9 Å². The third-order valence-electron chi connectivity index (χ3n) is 5.52. The van der Waals surface area contributed by atoms with Gasteiger partial charge in [-0.15, -0.1) is 15.3 Å². The van der Waals surface area contributed by atoms with Gasteiger partial charge < -0.3 is 15.0 Å². The molecule has 2 fully saturated rings. The molecule has 1 aliphatic carbocycles. The van der Waals surface area contributed by atoms with Crippen LogP contribution in [-0.2, 0) is 9.53 Å². The number of ether oxygens (including phenoxy) is 1. The Morgan fingerprint density at radius 1 is 1.30 bits per heavy atom. The number of morpholine rings is 1. The number of rotatable bonds is 4. The van der Waals surface area contributed by atoms with E-state index in [9.17, 15) is 4.79 Å². The van der Waals surface area contributed by atoms with Crippen LogP contribution in [0.1, 0.15) is 24.3 Å². The van der Waals surface area contributed by atoms with Gasteiger partial charge >= 0.3 is 0 Å². The predicted octanol–water partition coefficient (Wildman–Crippen LogP) is 2.82. The van der Waals surface area contributed by atoms with Gasteiger partial charge in [0, 0.05) is 36.1 Å². The first-order chi connectivity index (χ1) is 19.0. The molecule has 1 N–H and O–H groups in total. The summed E-state index contributed by atoms with van der Waals surface area (Å²) in [6, 6.07) is 4.25. The van der Waals surface area contributed by atoms with Crippen LogP contribution in [0.3, 0.4) is 0 Å². The zero-order valence-corrected chi connectivity index (χ0v) is 17.8. The minimum atomic E-state index is -3.20. The molecule has 0 spiro atoms. The van der Waals surface area contributed by atoms with Gasteiger partial charge in [-0.3, -0.25) is 4.79 Å². The largest absolute Gasteiger partial charge is 0.378 e. The van der Waals surface area contributed by atoms with Crippen molar-refractivity contribution in [3.05, 3.63) is 35.7 Å². The molecule has 10 nitrogen and oxygen atoms in total. The first kappa shape index (κ1) is 13.4. The molecule has 0 aromatic carbocycles. The number of nitrogens with one attached hydrogen (secondary N) is 1. The Labute approximate surface area is 205 Å². The number of halogens is 1. The number of hydrogen-bond donors (Lipinski definition) is 1. The van der Waals surface area contributed by atoms with Crippen molar-refractivity contribution in [1.82, 2.24) is 29.8 Å². The lowest BCUT2D eigenvalue weighted by atomic mass is 10.1. The molecule has 4 aromatic rings. The van der Waals surface area contributed by atoms with Gasteiger partial charge in [0.25, 0.3) is 0 Å². The number of carbonyl (C=O) groups is 1. The average Bonchev–Trinajstić information content (AvgIpc) is 3.45. The molecular formula is C22H21ClN8O2. The van der Waals surface area contributed by atoms with E-state index in [2.05, 4.69) is 35.3 Å². The molecule has 168 valence electrons. The second kappa shape index (κ2) is 7.89. The Hall–Kier alpha value is -3.37. The predicted molar refractivity (Wildman–Crippen MR) is 123 cm³/mol. The van der Waals surface area contributed by atoms with E-state index in [4.69, 9.17) is 22.6 Å². The summed E-state index contributed by atoms with van der Waals surface area (Å²) in [5.41, 5.74) is 0.653. The molecule has 11 heteroatoms. The standard InChI is InChI=1S/C22H21ClN8O2/c1-12-8-14(12)22(32)25-17-9-15-16(10-24-20(23)19(15)28-27-17)21-26-18-3-2-13(11-31(18)29-21)30-4-6-33-7-5-30/h2-3,9-12,14H,4-8H2,1H3,(H,25,27,32)/t12-,14+/m1/s1/i4D2,5D2,6D2,7D2. The van der Waals surface area contributed by atoms with Gasteiger partial charge in [0.15, 0.2) is 22.4 Å². The molecule has 2 aliphatic rings. The summed E-state index contributed by atoms with van der Waals surface area (Å²) in [6.07, 6.45) is 3.41. The minimum absolute atomic E-state index is 0.0660. The number of carbonyl (C=O) groups excluding carboxylic acids is 1. The molecule has 5 heterocycles. The van der Waals surface area contributed by atoms with Crippen LogP contribution in [0.4, 0.5) is 11.5 Å². The Morgan fingerprint density at radius 3 is 2.91 bits per heavy atom. The van der Waals surface area contributed by atoms with Crippen molar-refractivity contribution in [3.63, 3.8) is 0 Å². The minimum Gasteiger partial charge on any atom is -0.378 e. The van der Waals surface area contributed by atoms with Gasteiger partial charge in [-0.1, -0.05) is 18.5 Å². The summed E-state index contributed by atoms with van der Waals surface area (Å²) in [5.74, 6) is 0.386. The third kappa shape index (κ3) is 3.75. The number of anilines is 2. The fraction of sp³-hybridized carbons (Fsp3) is 0.364. The molecule has 6 rings (SSSR count). The highest BCUT2D eigenvalue weighted by molar-refractivity contribution is 6.34. The van der Waals surface area contributed by atoms with E-state index in [1.54, 1.807) is 6.07 Å². The van der Waals surface area contributed by atoms with E-state index in [0.29, 0.717) is 21.8 Å². The number of nitrogens with zero attached hydrogens (tertiary/aromatic N) is 7. The van der Waals surface area contributed by atoms with Crippen LogP contribution < -0.4 is 10.2 Å². The lowest BCUT2D eigenvalue weighted by molar-refractivity contribution is -0.117. The number of pyridine rings is 2. The van der Waals surface area contributed by atoms with E-state index in [1.807, 2.05) is 6.92 Å². The SMILES string of the molecule is [2H]C1([2H])OC([2H])([2H])C([2H])([2H])N(c2ccc3nc(-c4cnc(Cl)c5nnc(NC(=O)[C@H]6C[C@H]6C)cc45)nn3c2)C1([2H])[2H]. The fourth-order valence-electron chi connectivity index (χ4n) is 3.59. The van der Waals surface area contributed by atoms with Crippen LogP contribution >= 0.6 is 11.6 Å². The van der Waals surface area contributed by atoms with Gasteiger partial charge in [-0.2, -0.15) is 0 Å². The van der Waals surface area contributed by atoms with Crippen molar-refractivity contribution in [3.8, 4) is 11.4 Å². The average molecular weight is 473 g/mol. The summed E-state index contributed by atoms with van der Waals surface area (Å²) in [7, 11) is 0. The number of aromatic nitrogens is 6. The van der Waals surface area contributed by atoms with E-state index in [1.165, 1.54) is 29.0 Å². The molecule has 0 radical (unpaired) electrons. The molecule has 1 amide bonds. The monoisotopic (exact) mass is 472 g/mol. The van der Waals surface area contributed by atoms with Crippen molar-refractivity contribution >= 4 is 45.6 Å². The van der Waals surface area contributed by atoms with Crippen LogP contribution in [0.5, 0.6) is 0 Å². The van der Waals surface area contributed by atoms with E-state index >= 15 is 0 Å². The molecule has 0 unspecified atom stereocenters. The van der Waals surface area contributed by atoms with Crippen molar-refractivity contribution < 1.29 is 20.5 Å². The van der Waals surface area contributed by atoms with Gasteiger partial charge in [-0.25, -0.2) is 14.5 Å². The molecule has 1 aliphatic heterocycles. The summed E-state index contributed by atoms with van der Waals surface area (Å²) >= 11 is 6.24. The lowest BCUT2D eigenvalue weighted by Crippen LogP contribution is -2.36. The Morgan fingerprint density at radius 2 is 2.12 bits per heavy atom. The third-order valence-corrected chi connectivity index (χ3v) is 5.79. The van der Waals surface area contributed by atoms with Crippen molar-refractivity contribution in [2.24, 2.45) is 11.8 Å². The maximum atomic E-state index is 12.4. The summed E-state index contributed by atoms with van der Waals surface area (Å²) in [6.45, 7) is -10.7. The molecule has 0 bridgehead atoms. The van der Waals surface area contributed by atoms with E-state index in [-0.39, 0.29) is 45.5 Å². The Bertz CT molecular complexity index is 1710. The van der Waals surface area contributed by atoms with Crippen molar-refractivity contribution in [1.29, 1.82) is 0 Å². The van der Waals surface area contributed by atoms with Gasteiger partial charge in [-0.05, 0) is 30.5 Å². The van der Waals surface area contributed by atoms with Crippen molar-refractivity contribution in [2.75, 3.05) is 36.3 Å². The number of amides is 1. The van der Waals surface area contributed by atoms with Crippen molar-refractivity contribution in [2.45, 2.75) is 13.3 Å². The molecule has 1 saturated heterocycles. The van der Waals surface area contributed by atoms with Crippen LogP contribution in [0.15, 0.2) is 30.6 Å². The molecule has 1 saturated carbocycles. The maximum absolute atomic E-state index is 12.4. The molecule has 2 atom stereocenters. The highest BCUT2D eigenvalue weighted by Crippen LogP contribution is 2.38. The summed E-state index contributed by atoms with van der Waals surface area (Å²) in [5, 5.41) is 15.8. The Kier molecular flexibility index (Phi) is 3.20. The van der Waals surface area contributed by atoms with Gasteiger partial charge in [0.05, 0.1) is 36.0 Å². The van der Waals surface area contributed by atoms with Gasteiger partial charge in [0.2, 0.25) is 5.91 Å². The topological polar surface area (TPSA) is 110 Å².